The van der Waals surface area contributed by atoms with Crippen molar-refractivity contribution in [1.82, 2.24) is 4.98 Å². The van der Waals surface area contributed by atoms with Gasteiger partial charge in [0.15, 0.2) is 0 Å². The molecule has 0 aliphatic rings. The molecule has 0 unspecified atom stereocenters. The van der Waals surface area contributed by atoms with Gasteiger partial charge in [-0.3, -0.25) is 9.98 Å². The lowest BCUT2D eigenvalue weighted by Gasteiger charge is -2.10. The Balaban J connectivity index is 1.96. The Bertz CT molecular complexity index is 969. The van der Waals surface area contributed by atoms with Crippen LogP contribution in [0, 0.1) is 0 Å². The van der Waals surface area contributed by atoms with E-state index in [1.165, 1.54) is 22.3 Å². The van der Waals surface area contributed by atoms with Gasteiger partial charge >= 0.3 is 0 Å². The largest absolute Gasteiger partial charge is 0.353 e. The number of hydrogen-bond donors (Lipinski definition) is 1. The highest BCUT2D eigenvalue weighted by Crippen LogP contribution is 2.28. The summed E-state index contributed by atoms with van der Waals surface area (Å²) in [6.45, 7) is 12.9. The predicted molar refractivity (Wildman–Crippen MR) is 135 cm³/mol. The second-order valence-corrected chi connectivity index (χ2v) is 7.94. The molecule has 0 saturated carbocycles. The van der Waals surface area contributed by atoms with Gasteiger partial charge in [0, 0.05) is 0 Å². The molecular weight excluding hydrogens is 378 g/mol. The van der Waals surface area contributed by atoms with E-state index in [0.29, 0.717) is 0 Å². The third kappa shape index (κ3) is 5.04. The van der Waals surface area contributed by atoms with Crippen LogP contribution in [-0.4, -0.2) is 16.4 Å². The van der Waals surface area contributed by atoms with Gasteiger partial charge in [-0.2, -0.15) is 0 Å². The number of aryl methyl sites for hydroxylation is 4. The van der Waals surface area contributed by atoms with Gasteiger partial charge in [-0.05, 0) is 73.9 Å². The molecule has 3 rings (SSSR count). The number of nitrogens with one attached hydrogen (secondary N) is 1. The Morgan fingerprint density at radius 3 is 1.19 bits per heavy atom. The molecule has 1 aromatic heterocycles. The summed E-state index contributed by atoms with van der Waals surface area (Å²) in [5, 5.41) is 0. The normalized spacial score (nSPS) is 12.5. The number of aromatic amines is 1. The molecule has 2 aromatic carbocycles. The van der Waals surface area contributed by atoms with Crippen molar-refractivity contribution in [3.8, 4) is 0 Å². The maximum Gasteiger partial charge on any atom is 0.0697 e. The van der Waals surface area contributed by atoms with Crippen molar-refractivity contribution in [2.45, 2.75) is 67.2 Å². The Morgan fingerprint density at radius 1 is 0.581 bits per heavy atom. The minimum absolute atomic E-state index is 0.984. The standard InChI is InChI=1S/C28H35N3/c1-7-21-13-11-14-22(8-2)27(21)29-19(5)25-17-18-26(31-25)20(6)30-28-23(9-3)15-12-16-24(28)10-4/h11-18,31H,7-10H2,1-6H3. The molecule has 0 bridgehead atoms. The van der Waals surface area contributed by atoms with E-state index in [9.17, 15) is 0 Å². The molecular formula is C28H35N3. The molecule has 0 fully saturated rings. The van der Waals surface area contributed by atoms with E-state index in [-0.39, 0.29) is 0 Å². The zero-order valence-electron chi connectivity index (χ0n) is 19.8. The second-order valence-electron chi connectivity index (χ2n) is 7.94. The Kier molecular flexibility index (Phi) is 7.62. The van der Waals surface area contributed by atoms with Crippen LogP contribution in [0.15, 0.2) is 58.5 Å². The van der Waals surface area contributed by atoms with Gasteiger partial charge in [0.2, 0.25) is 0 Å². The topological polar surface area (TPSA) is 40.5 Å². The number of benzene rings is 2. The predicted octanol–water partition coefficient (Wildman–Crippen LogP) is 7.55. The minimum atomic E-state index is 0.984. The molecule has 1 heterocycles. The summed E-state index contributed by atoms with van der Waals surface area (Å²) in [5.41, 5.74) is 11.5. The van der Waals surface area contributed by atoms with Crippen molar-refractivity contribution in [1.29, 1.82) is 0 Å². The number of hydrogen-bond acceptors (Lipinski definition) is 2. The van der Waals surface area contributed by atoms with Crippen LogP contribution in [0.4, 0.5) is 11.4 Å². The highest BCUT2D eigenvalue weighted by molar-refractivity contribution is 6.03. The molecule has 162 valence electrons. The fourth-order valence-corrected chi connectivity index (χ4v) is 3.99. The monoisotopic (exact) mass is 413 g/mol. The van der Waals surface area contributed by atoms with Gasteiger partial charge < -0.3 is 4.98 Å². The van der Waals surface area contributed by atoms with Crippen molar-refractivity contribution in [2.75, 3.05) is 0 Å². The summed E-state index contributed by atoms with van der Waals surface area (Å²) in [7, 11) is 0. The van der Waals surface area contributed by atoms with Crippen molar-refractivity contribution in [3.63, 3.8) is 0 Å². The third-order valence-electron chi connectivity index (χ3n) is 5.95. The van der Waals surface area contributed by atoms with E-state index >= 15 is 0 Å². The summed E-state index contributed by atoms with van der Waals surface area (Å²) in [4.78, 5) is 13.6. The van der Waals surface area contributed by atoms with Crippen molar-refractivity contribution in [3.05, 3.63) is 82.2 Å². The summed E-state index contributed by atoms with van der Waals surface area (Å²) in [5.74, 6) is 0. The number of rotatable bonds is 8. The molecule has 3 heteroatoms. The lowest BCUT2D eigenvalue weighted by molar-refractivity contribution is 1.08. The molecule has 0 atom stereocenters. The van der Waals surface area contributed by atoms with Crippen LogP contribution >= 0.6 is 0 Å². The van der Waals surface area contributed by atoms with Crippen molar-refractivity contribution < 1.29 is 0 Å². The molecule has 0 amide bonds. The van der Waals surface area contributed by atoms with Gasteiger partial charge in [0.05, 0.1) is 34.2 Å². The first kappa shape index (κ1) is 22.7. The first-order chi connectivity index (χ1) is 15.0. The van der Waals surface area contributed by atoms with Crippen LogP contribution in [0.3, 0.4) is 0 Å². The van der Waals surface area contributed by atoms with Gasteiger partial charge in [-0.1, -0.05) is 64.1 Å². The van der Waals surface area contributed by atoms with Crippen LogP contribution in [0.1, 0.15) is 75.2 Å². The zero-order valence-corrected chi connectivity index (χ0v) is 19.8. The lowest BCUT2D eigenvalue weighted by atomic mass is 10.0. The summed E-state index contributed by atoms with van der Waals surface area (Å²) in [6.07, 6.45) is 3.94. The summed E-state index contributed by atoms with van der Waals surface area (Å²) < 4.78 is 0. The third-order valence-corrected chi connectivity index (χ3v) is 5.95. The molecule has 0 radical (unpaired) electrons. The van der Waals surface area contributed by atoms with Crippen LogP contribution in [0.5, 0.6) is 0 Å². The number of aliphatic imine (C=N–C) groups is 2. The highest BCUT2D eigenvalue weighted by Gasteiger charge is 2.10. The maximum absolute atomic E-state index is 5.03. The van der Waals surface area contributed by atoms with Crippen LogP contribution < -0.4 is 0 Å². The average molecular weight is 414 g/mol. The SMILES string of the molecule is CCc1cccc(CC)c1N=C(C)c1ccc(C(C)=Nc2c(CC)cccc2CC)[nH]1. The Morgan fingerprint density at radius 2 is 0.903 bits per heavy atom. The van der Waals surface area contributed by atoms with Crippen molar-refractivity contribution in [2.24, 2.45) is 9.98 Å². The number of nitrogens with zero attached hydrogens (tertiary/aromatic N) is 2. The molecule has 0 spiro atoms. The number of H-pyrrole nitrogens is 1. The average Bonchev–Trinajstić information content (AvgIpc) is 3.30. The smallest absolute Gasteiger partial charge is 0.0697 e. The number of para-hydroxylation sites is 2. The van der Waals surface area contributed by atoms with E-state index in [2.05, 4.69) is 95.1 Å². The fraction of sp³-hybridized carbons (Fsp3) is 0.357. The van der Waals surface area contributed by atoms with Gasteiger partial charge in [0.25, 0.3) is 0 Å². The molecule has 1 N–H and O–H groups in total. The second kappa shape index (κ2) is 10.4. The molecule has 3 aromatic rings. The van der Waals surface area contributed by atoms with Crippen LogP contribution in [0.25, 0.3) is 0 Å². The first-order valence-corrected chi connectivity index (χ1v) is 11.5. The zero-order chi connectivity index (χ0) is 22.4. The van der Waals surface area contributed by atoms with E-state index in [1.54, 1.807) is 0 Å². The molecule has 31 heavy (non-hydrogen) atoms. The minimum Gasteiger partial charge on any atom is -0.353 e. The molecule has 0 saturated heterocycles. The Labute approximate surface area is 187 Å². The Hall–Kier alpha value is -2.94. The van der Waals surface area contributed by atoms with Crippen LogP contribution in [-0.2, 0) is 25.7 Å². The molecule has 0 aliphatic heterocycles. The van der Waals surface area contributed by atoms with E-state index in [1.807, 2.05) is 0 Å². The van der Waals surface area contributed by atoms with E-state index < -0.39 is 0 Å². The van der Waals surface area contributed by atoms with Gasteiger partial charge in [-0.25, -0.2) is 0 Å². The number of aromatic nitrogens is 1. The molecule has 0 aliphatic carbocycles. The summed E-state index contributed by atoms with van der Waals surface area (Å²) >= 11 is 0. The molecule has 3 nitrogen and oxygen atoms in total. The summed E-state index contributed by atoms with van der Waals surface area (Å²) in [6, 6.07) is 17.2. The quantitative estimate of drug-likeness (QED) is 0.370. The van der Waals surface area contributed by atoms with E-state index in [4.69, 9.17) is 9.98 Å². The van der Waals surface area contributed by atoms with Crippen LogP contribution in [0.2, 0.25) is 0 Å². The lowest BCUT2D eigenvalue weighted by Crippen LogP contribution is -2.00. The van der Waals surface area contributed by atoms with E-state index in [0.717, 1.165) is 59.9 Å². The fourth-order valence-electron chi connectivity index (χ4n) is 3.99. The van der Waals surface area contributed by atoms with Gasteiger partial charge in [-0.15, -0.1) is 0 Å². The van der Waals surface area contributed by atoms with Gasteiger partial charge in [0.1, 0.15) is 0 Å². The van der Waals surface area contributed by atoms with Crippen molar-refractivity contribution >= 4 is 22.8 Å². The first-order valence-electron chi connectivity index (χ1n) is 11.5. The maximum atomic E-state index is 5.03. The highest BCUT2D eigenvalue weighted by atomic mass is 14.8.